The number of methoxy groups -OCH3 is 1. The van der Waals surface area contributed by atoms with Gasteiger partial charge in [-0.2, -0.15) is 0 Å². The molecule has 0 radical (unpaired) electrons. The van der Waals surface area contributed by atoms with Gasteiger partial charge in [0.2, 0.25) is 0 Å². The first-order valence-corrected chi connectivity index (χ1v) is 7.86. The standard InChI is InChI=1S/C17H25NO3/c1-20-16-4-2-13(3-5-16)14-10-15(11-14)18-12-17(19)6-8-21-9-7-17/h2-5,14-15,18-19H,6-12H2,1H3. The third kappa shape index (κ3) is 3.57. The summed E-state index contributed by atoms with van der Waals surface area (Å²) in [5, 5.41) is 13.9. The quantitative estimate of drug-likeness (QED) is 0.872. The van der Waals surface area contributed by atoms with Crippen LogP contribution in [-0.4, -0.2) is 43.6 Å². The van der Waals surface area contributed by atoms with Crippen molar-refractivity contribution >= 4 is 0 Å². The van der Waals surface area contributed by atoms with Gasteiger partial charge in [0.05, 0.1) is 12.7 Å². The summed E-state index contributed by atoms with van der Waals surface area (Å²) in [5.74, 6) is 1.55. The number of aliphatic hydroxyl groups is 1. The lowest BCUT2D eigenvalue weighted by molar-refractivity contribution is -0.0640. The highest BCUT2D eigenvalue weighted by Gasteiger charge is 2.34. The van der Waals surface area contributed by atoms with E-state index in [1.54, 1.807) is 7.11 Å². The molecule has 0 bridgehead atoms. The summed E-state index contributed by atoms with van der Waals surface area (Å²) in [6, 6.07) is 8.91. The first kappa shape index (κ1) is 14.8. The minimum Gasteiger partial charge on any atom is -0.497 e. The Hall–Kier alpha value is -1.10. The Morgan fingerprint density at radius 2 is 1.90 bits per heavy atom. The van der Waals surface area contributed by atoms with E-state index in [2.05, 4.69) is 17.4 Å². The molecule has 0 amide bonds. The van der Waals surface area contributed by atoms with Gasteiger partial charge in [-0.15, -0.1) is 0 Å². The van der Waals surface area contributed by atoms with E-state index in [0.29, 0.717) is 31.7 Å². The van der Waals surface area contributed by atoms with Crippen LogP contribution in [0, 0.1) is 0 Å². The van der Waals surface area contributed by atoms with Crippen LogP contribution < -0.4 is 10.1 Å². The Balaban J connectivity index is 1.43. The van der Waals surface area contributed by atoms with E-state index < -0.39 is 5.60 Å². The average Bonchev–Trinajstić information content (AvgIpc) is 2.47. The van der Waals surface area contributed by atoms with Crippen molar-refractivity contribution in [3.63, 3.8) is 0 Å². The van der Waals surface area contributed by atoms with Gasteiger partial charge in [-0.05, 0) is 36.5 Å². The van der Waals surface area contributed by atoms with Gasteiger partial charge in [-0.3, -0.25) is 0 Å². The largest absolute Gasteiger partial charge is 0.497 e. The van der Waals surface area contributed by atoms with E-state index in [0.717, 1.165) is 31.4 Å². The lowest BCUT2D eigenvalue weighted by atomic mass is 9.75. The summed E-state index contributed by atoms with van der Waals surface area (Å²) in [6.45, 7) is 2.05. The Morgan fingerprint density at radius 3 is 2.52 bits per heavy atom. The van der Waals surface area contributed by atoms with Crippen molar-refractivity contribution in [3.05, 3.63) is 29.8 Å². The summed E-state index contributed by atoms with van der Waals surface area (Å²) in [4.78, 5) is 0. The van der Waals surface area contributed by atoms with Crippen LogP contribution >= 0.6 is 0 Å². The molecule has 2 N–H and O–H groups in total. The highest BCUT2D eigenvalue weighted by Crippen LogP contribution is 2.37. The van der Waals surface area contributed by atoms with Gasteiger partial charge >= 0.3 is 0 Å². The van der Waals surface area contributed by atoms with Gasteiger partial charge in [0.15, 0.2) is 0 Å². The molecule has 1 aliphatic carbocycles. The van der Waals surface area contributed by atoms with Crippen molar-refractivity contribution in [3.8, 4) is 5.75 Å². The molecule has 116 valence electrons. The molecular formula is C17H25NO3. The summed E-state index contributed by atoms with van der Waals surface area (Å²) >= 11 is 0. The molecule has 1 saturated carbocycles. The minimum absolute atomic E-state index is 0.531. The molecule has 1 aromatic rings. The molecular weight excluding hydrogens is 266 g/mol. The molecule has 1 heterocycles. The molecule has 0 aromatic heterocycles. The van der Waals surface area contributed by atoms with Crippen LogP contribution in [-0.2, 0) is 4.74 Å². The number of hydrogen-bond acceptors (Lipinski definition) is 4. The van der Waals surface area contributed by atoms with Crippen LogP contribution in [0.3, 0.4) is 0 Å². The van der Waals surface area contributed by atoms with Crippen molar-refractivity contribution in [1.82, 2.24) is 5.32 Å². The first-order valence-electron chi connectivity index (χ1n) is 7.86. The van der Waals surface area contributed by atoms with Crippen LogP contribution in [0.4, 0.5) is 0 Å². The predicted octanol–water partition coefficient (Wildman–Crippen LogP) is 2.07. The predicted molar refractivity (Wildman–Crippen MR) is 81.8 cm³/mol. The Kier molecular flexibility index (Phi) is 4.48. The second-order valence-electron chi connectivity index (χ2n) is 6.36. The van der Waals surface area contributed by atoms with E-state index in [1.165, 1.54) is 5.56 Å². The van der Waals surface area contributed by atoms with Crippen LogP contribution in [0.2, 0.25) is 0 Å². The first-order chi connectivity index (χ1) is 10.2. The molecule has 1 aromatic carbocycles. The third-order valence-electron chi connectivity index (χ3n) is 4.87. The van der Waals surface area contributed by atoms with Gasteiger partial charge in [-0.1, -0.05) is 12.1 Å². The zero-order chi connectivity index (χ0) is 14.7. The molecule has 21 heavy (non-hydrogen) atoms. The van der Waals surface area contributed by atoms with E-state index >= 15 is 0 Å². The van der Waals surface area contributed by atoms with Crippen molar-refractivity contribution in [1.29, 1.82) is 0 Å². The summed E-state index contributed by atoms with van der Waals surface area (Å²) in [5.41, 5.74) is 0.822. The fraction of sp³-hybridized carbons (Fsp3) is 0.647. The molecule has 4 nitrogen and oxygen atoms in total. The minimum atomic E-state index is -0.566. The third-order valence-corrected chi connectivity index (χ3v) is 4.87. The maximum atomic E-state index is 10.4. The molecule has 1 aliphatic heterocycles. The smallest absolute Gasteiger partial charge is 0.118 e. The highest BCUT2D eigenvalue weighted by molar-refractivity contribution is 5.30. The topological polar surface area (TPSA) is 50.7 Å². The SMILES string of the molecule is COc1ccc(C2CC(NCC3(O)CCOCC3)C2)cc1. The lowest BCUT2D eigenvalue weighted by Crippen LogP contribution is -2.50. The van der Waals surface area contributed by atoms with Crippen molar-refractivity contribution in [2.75, 3.05) is 26.9 Å². The summed E-state index contributed by atoms with van der Waals surface area (Å²) in [6.07, 6.45) is 3.79. The van der Waals surface area contributed by atoms with Crippen molar-refractivity contribution in [2.24, 2.45) is 0 Å². The summed E-state index contributed by atoms with van der Waals surface area (Å²) in [7, 11) is 1.69. The van der Waals surface area contributed by atoms with Crippen molar-refractivity contribution in [2.45, 2.75) is 43.2 Å². The van der Waals surface area contributed by atoms with Gasteiger partial charge in [0.1, 0.15) is 5.75 Å². The second-order valence-corrected chi connectivity index (χ2v) is 6.36. The average molecular weight is 291 g/mol. The van der Waals surface area contributed by atoms with Gasteiger partial charge in [0, 0.05) is 38.6 Å². The molecule has 1 saturated heterocycles. The molecule has 0 spiro atoms. The summed E-state index contributed by atoms with van der Waals surface area (Å²) < 4.78 is 10.5. The molecule has 2 aliphatic rings. The monoisotopic (exact) mass is 291 g/mol. The van der Waals surface area contributed by atoms with Crippen molar-refractivity contribution < 1.29 is 14.6 Å². The fourth-order valence-electron chi connectivity index (χ4n) is 3.20. The molecule has 3 rings (SSSR count). The number of nitrogens with one attached hydrogen (secondary N) is 1. The fourth-order valence-corrected chi connectivity index (χ4v) is 3.20. The number of benzene rings is 1. The van der Waals surface area contributed by atoms with Crippen LogP contribution in [0.5, 0.6) is 5.75 Å². The van der Waals surface area contributed by atoms with Crippen LogP contribution in [0.25, 0.3) is 0 Å². The Labute approximate surface area is 126 Å². The zero-order valence-corrected chi connectivity index (χ0v) is 12.7. The molecule has 0 atom stereocenters. The van der Waals surface area contributed by atoms with Crippen LogP contribution in [0.1, 0.15) is 37.2 Å². The second kappa shape index (κ2) is 6.34. The Bertz CT molecular complexity index is 448. The number of ether oxygens (including phenoxy) is 2. The van der Waals surface area contributed by atoms with Crippen LogP contribution in [0.15, 0.2) is 24.3 Å². The number of rotatable bonds is 5. The maximum Gasteiger partial charge on any atom is 0.118 e. The molecule has 2 fully saturated rings. The molecule has 0 unspecified atom stereocenters. The normalized spacial score (nSPS) is 27.9. The zero-order valence-electron chi connectivity index (χ0n) is 12.7. The van der Waals surface area contributed by atoms with Gasteiger partial charge < -0.3 is 19.9 Å². The van der Waals surface area contributed by atoms with Gasteiger partial charge in [0.25, 0.3) is 0 Å². The van der Waals surface area contributed by atoms with E-state index in [-0.39, 0.29) is 0 Å². The molecule has 4 heteroatoms. The van der Waals surface area contributed by atoms with E-state index in [9.17, 15) is 5.11 Å². The Morgan fingerprint density at radius 1 is 1.24 bits per heavy atom. The van der Waals surface area contributed by atoms with Gasteiger partial charge in [-0.25, -0.2) is 0 Å². The highest BCUT2D eigenvalue weighted by atomic mass is 16.5. The van der Waals surface area contributed by atoms with E-state index in [4.69, 9.17) is 9.47 Å². The maximum absolute atomic E-state index is 10.4. The lowest BCUT2D eigenvalue weighted by Gasteiger charge is -2.40. The van der Waals surface area contributed by atoms with E-state index in [1.807, 2.05) is 12.1 Å². The number of hydrogen-bond donors (Lipinski definition) is 2.